The molecule has 0 saturated heterocycles. The fourth-order valence-corrected chi connectivity index (χ4v) is 2.53. The van der Waals surface area contributed by atoms with Crippen LogP contribution in [0.3, 0.4) is 0 Å². The predicted molar refractivity (Wildman–Crippen MR) is 89.1 cm³/mol. The summed E-state index contributed by atoms with van der Waals surface area (Å²) in [5.41, 5.74) is 8.97. The van der Waals surface area contributed by atoms with Gasteiger partial charge in [-0.15, -0.1) is 0 Å². The normalized spacial score (nSPS) is 10.3. The molecule has 104 valence electrons. The number of hydrogen-bond donors (Lipinski definition) is 2. The van der Waals surface area contributed by atoms with Gasteiger partial charge in [0.25, 0.3) is 0 Å². The van der Waals surface area contributed by atoms with Crippen molar-refractivity contribution in [2.45, 2.75) is 13.3 Å². The van der Waals surface area contributed by atoms with Crippen molar-refractivity contribution in [1.82, 2.24) is 0 Å². The highest BCUT2D eigenvalue weighted by molar-refractivity contribution is 9.10. The van der Waals surface area contributed by atoms with E-state index in [1.807, 2.05) is 18.2 Å². The summed E-state index contributed by atoms with van der Waals surface area (Å²) < 4.78 is 14.3. The third-order valence-corrected chi connectivity index (χ3v) is 3.68. The van der Waals surface area contributed by atoms with Gasteiger partial charge in [0.05, 0.1) is 0 Å². The van der Waals surface area contributed by atoms with Crippen molar-refractivity contribution in [3.8, 4) is 0 Å². The SMILES string of the molecule is CCc1cc(Br)ccc1Nc1ccc(F)cc1C(N)=S. The zero-order chi connectivity index (χ0) is 14.7. The summed E-state index contributed by atoms with van der Waals surface area (Å²) in [5.74, 6) is -0.357. The van der Waals surface area contributed by atoms with E-state index in [0.29, 0.717) is 11.3 Å². The first-order chi connectivity index (χ1) is 9.51. The van der Waals surface area contributed by atoms with Crippen molar-refractivity contribution in [3.63, 3.8) is 0 Å². The summed E-state index contributed by atoms with van der Waals surface area (Å²) >= 11 is 8.42. The molecule has 0 aliphatic heterocycles. The van der Waals surface area contributed by atoms with Crippen LogP contribution in [0, 0.1) is 5.82 Å². The van der Waals surface area contributed by atoms with Crippen LogP contribution in [0.4, 0.5) is 15.8 Å². The molecule has 0 heterocycles. The summed E-state index contributed by atoms with van der Waals surface area (Å²) in [6, 6.07) is 10.3. The fourth-order valence-electron chi connectivity index (χ4n) is 1.95. The lowest BCUT2D eigenvalue weighted by Gasteiger charge is -2.14. The third-order valence-electron chi connectivity index (χ3n) is 2.96. The third kappa shape index (κ3) is 3.35. The Hall–Kier alpha value is -1.46. The highest BCUT2D eigenvalue weighted by Gasteiger charge is 2.09. The molecule has 0 aliphatic rings. The molecule has 2 aromatic rings. The van der Waals surface area contributed by atoms with Crippen LogP contribution in [0.25, 0.3) is 0 Å². The summed E-state index contributed by atoms with van der Waals surface area (Å²) in [6.07, 6.45) is 0.880. The van der Waals surface area contributed by atoms with Gasteiger partial charge >= 0.3 is 0 Å². The second kappa shape index (κ2) is 6.33. The first-order valence-electron chi connectivity index (χ1n) is 6.16. The van der Waals surface area contributed by atoms with E-state index in [2.05, 4.69) is 28.2 Å². The minimum atomic E-state index is -0.357. The van der Waals surface area contributed by atoms with Crippen molar-refractivity contribution in [1.29, 1.82) is 0 Å². The summed E-state index contributed by atoms with van der Waals surface area (Å²) in [4.78, 5) is 0.169. The van der Waals surface area contributed by atoms with E-state index in [4.69, 9.17) is 18.0 Å². The van der Waals surface area contributed by atoms with E-state index in [1.54, 1.807) is 6.07 Å². The van der Waals surface area contributed by atoms with Gasteiger partial charge in [0.2, 0.25) is 0 Å². The van der Waals surface area contributed by atoms with Crippen molar-refractivity contribution in [2.24, 2.45) is 5.73 Å². The second-order valence-corrected chi connectivity index (χ2v) is 5.69. The Bertz CT molecular complexity index is 658. The number of aryl methyl sites for hydroxylation is 1. The molecule has 0 radical (unpaired) electrons. The van der Waals surface area contributed by atoms with Crippen LogP contribution in [0.15, 0.2) is 40.9 Å². The molecular weight excluding hydrogens is 339 g/mol. The quantitative estimate of drug-likeness (QED) is 0.794. The molecule has 0 saturated carbocycles. The molecule has 2 nitrogen and oxygen atoms in total. The first kappa shape index (κ1) is 14.9. The molecule has 5 heteroatoms. The maximum Gasteiger partial charge on any atom is 0.124 e. The Kier molecular flexibility index (Phi) is 4.73. The highest BCUT2D eigenvalue weighted by atomic mass is 79.9. The van der Waals surface area contributed by atoms with E-state index in [-0.39, 0.29) is 10.8 Å². The molecular formula is C15H14BrFN2S. The van der Waals surface area contributed by atoms with Crippen LogP contribution >= 0.6 is 28.1 Å². The van der Waals surface area contributed by atoms with Crippen LogP contribution in [0.5, 0.6) is 0 Å². The topological polar surface area (TPSA) is 38.0 Å². The van der Waals surface area contributed by atoms with Gasteiger partial charge in [-0.1, -0.05) is 35.1 Å². The average Bonchev–Trinajstić information content (AvgIpc) is 2.42. The zero-order valence-corrected chi connectivity index (χ0v) is 13.3. The standard InChI is InChI=1S/C15H14BrFN2S/c1-2-9-7-10(16)3-5-13(9)19-14-6-4-11(17)8-12(14)15(18)20/h3-8,19H,2H2,1H3,(H2,18,20). The van der Waals surface area contributed by atoms with Crippen molar-refractivity contribution in [2.75, 3.05) is 5.32 Å². The molecule has 2 rings (SSSR count). The van der Waals surface area contributed by atoms with Crippen LogP contribution in [-0.4, -0.2) is 4.99 Å². The molecule has 0 unspecified atom stereocenters. The molecule has 0 aromatic heterocycles. The van der Waals surface area contributed by atoms with Crippen molar-refractivity contribution in [3.05, 3.63) is 57.8 Å². The van der Waals surface area contributed by atoms with Gasteiger partial charge in [-0.2, -0.15) is 0 Å². The van der Waals surface area contributed by atoms with E-state index in [1.165, 1.54) is 12.1 Å². The number of hydrogen-bond acceptors (Lipinski definition) is 2. The molecule has 20 heavy (non-hydrogen) atoms. The van der Waals surface area contributed by atoms with Crippen molar-refractivity contribution >= 4 is 44.5 Å². The Labute approximate surface area is 131 Å². The molecule has 0 bridgehead atoms. The Morgan fingerprint density at radius 2 is 1.95 bits per heavy atom. The number of thiocarbonyl (C=S) groups is 1. The number of nitrogens with two attached hydrogens (primary N) is 1. The van der Waals surface area contributed by atoms with Gasteiger partial charge in [0.15, 0.2) is 0 Å². The van der Waals surface area contributed by atoms with Gasteiger partial charge in [-0.05, 0) is 48.4 Å². The van der Waals surface area contributed by atoms with E-state index in [0.717, 1.165) is 22.1 Å². The maximum atomic E-state index is 13.3. The monoisotopic (exact) mass is 352 g/mol. The maximum absolute atomic E-state index is 13.3. The lowest BCUT2D eigenvalue weighted by Crippen LogP contribution is -2.12. The van der Waals surface area contributed by atoms with Gasteiger partial charge in [-0.3, -0.25) is 0 Å². The molecule has 2 aromatic carbocycles. The molecule has 0 aliphatic carbocycles. The zero-order valence-electron chi connectivity index (χ0n) is 10.9. The smallest absolute Gasteiger partial charge is 0.124 e. The lowest BCUT2D eigenvalue weighted by molar-refractivity contribution is 0.628. The lowest BCUT2D eigenvalue weighted by atomic mass is 10.1. The van der Waals surface area contributed by atoms with Gasteiger partial charge < -0.3 is 11.1 Å². The minimum absolute atomic E-state index is 0.169. The van der Waals surface area contributed by atoms with Crippen LogP contribution < -0.4 is 11.1 Å². The molecule has 0 spiro atoms. The van der Waals surface area contributed by atoms with Crippen LogP contribution in [-0.2, 0) is 6.42 Å². The van der Waals surface area contributed by atoms with E-state index < -0.39 is 0 Å². The first-order valence-corrected chi connectivity index (χ1v) is 7.36. The minimum Gasteiger partial charge on any atom is -0.389 e. The van der Waals surface area contributed by atoms with Gasteiger partial charge in [0.1, 0.15) is 10.8 Å². The second-order valence-electron chi connectivity index (χ2n) is 4.33. The molecule has 0 amide bonds. The van der Waals surface area contributed by atoms with Gasteiger partial charge in [-0.25, -0.2) is 4.39 Å². The molecule has 3 N–H and O–H groups in total. The highest BCUT2D eigenvalue weighted by Crippen LogP contribution is 2.27. The predicted octanol–water partition coefficient (Wildman–Crippen LogP) is 4.53. The van der Waals surface area contributed by atoms with Gasteiger partial charge in [0, 0.05) is 21.4 Å². The fraction of sp³-hybridized carbons (Fsp3) is 0.133. The Morgan fingerprint density at radius 1 is 1.25 bits per heavy atom. The van der Waals surface area contributed by atoms with Crippen LogP contribution in [0.2, 0.25) is 0 Å². The average molecular weight is 353 g/mol. The van der Waals surface area contributed by atoms with E-state index >= 15 is 0 Å². The van der Waals surface area contributed by atoms with E-state index in [9.17, 15) is 4.39 Å². The number of rotatable bonds is 4. The summed E-state index contributed by atoms with van der Waals surface area (Å²) in [5, 5.41) is 3.27. The Morgan fingerprint density at radius 3 is 2.60 bits per heavy atom. The molecule has 0 atom stereocenters. The number of nitrogens with one attached hydrogen (secondary N) is 1. The van der Waals surface area contributed by atoms with Crippen LogP contribution in [0.1, 0.15) is 18.1 Å². The number of halogens is 2. The number of benzene rings is 2. The van der Waals surface area contributed by atoms with Crippen molar-refractivity contribution < 1.29 is 4.39 Å². The summed E-state index contributed by atoms with van der Waals surface area (Å²) in [7, 11) is 0. The molecule has 0 fully saturated rings. The Balaban J connectivity index is 2.42. The summed E-state index contributed by atoms with van der Waals surface area (Å²) in [6.45, 7) is 2.08. The largest absolute Gasteiger partial charge is 0.389 e. The number of anilines is 2.